The van der Waals surface area contributed by atoms with Crippen molar-refractivity contribution in [1.29, 1.82) is 0 Å². The summed E-state index contributed by atoms with van der Waals surface area (Å²) in [5, 5.41) is 0. The second-order valence-electron chi connectivity index (χ2n) is 0. The van der Waals surface area contributed by atoms with E-state index in [0.717, 1.165) is 0 Å². The molecule has 0 radical (unpaired) electrons. The van der Waals surface area contributed by atoms with Crippen molar-refractivity contribution in [3.05, 3.63) is 0 Å². The molecule has 0 rings (SSSR count). The number of halogens is 1. The van der Waals surface area contributed by atoms with Crippen LogP contribution in [0.15, 0.2) is 0 Å². The van der Waals surface area contributed by atoms with Crippen LogP contribution < -0.4 is 0 Å². The SMILES string of the molecule is Br.[O-2].[O-2].[Zr+4]. The van der Waals surface area contributed by atoms with Crippen molar-refractivity contribution in [2.24, 2.45) is 0 Å². The molecule has 0 fully saturated rings. The Hall–Kier alpha value is 1.28. The van der Waals surface area contributed by atoms with Crippen molar-refractivity contribution in [3.8, 4) is 0 Å². The predicted octanol–water partition coefficient (Wildman–Crippen LogP) is 0.338. The molecule has 0 aromatic rings. The molecule has 2 nitrogen and oxygen atoms in total. The fourth-order valence-electron chi connectivity index (χ4n) is 0. The molecule has 0 aromatic heterocycles. The summed E-state index contributed by atoms with van der Waals surface area (Å²) >= 11 is 0. The summed E-state index contributed by atoms with van der Waals surface area (Å²) in [6.07, 6.45) is 0. The zero-order valence-electron chi connectivity index (χ0n) is 1.72. The average molecular weight is 204 g/mol. The minimum absolute atomic E-state index is 0. The first-order valence-corrected chi connectivity index (χ1v) is 0. The molecule has 0 saturated carbocycles. The van der Waals surface area contributed by atoms with Crippen molar-refractivity contribution < 1.29 is 37.2 Å². The van der Waals surface area contributed by atoms with Crippen molar-refractivity contribution in [2.45, 2.75) is 0 Å². The van der Waals surface area contributed by atoms with Gasteiger partial charge in [-0.3, -0.25) is 0 Å². The molecule has 0 heterocycles. The van der Waals surface area contributed by atoms with E-state index in [9.17, 15) is 0 Å². The van der Waals surface area contributed by atoms with Gasteiger partial charge in [-0.15, -0.1) is 17.0 Å². The van der Waals surface area contributed by atoms with Crippen molar-refractivity contribution in [2.75, 3.05) is 0 Å². The van der Waals surface area contributed by atoms with Gasteiger partial charge in [0.15, 0.2) is 0 Å². The third kappa shape index (κ3) is 10.4. The molecule has 0 atom stereocenters. The van der Waals surface area contributed by atoms with Crippen LogP contribution in [0.3, 0.4) is 0 Å². The Bertz CT molecular complexity index is 6.00. The molecular formula is HBrO2Zr. The molecule has 0 aliphatic rings. The normalized spacial score (nSPS) is 0. The monoisotopic (exact) mass is 202 g/mol. The Morgan fingerprint density at radius 1 is 0.750 bits per heavy atom. The Morgan fingerprint density at radius 3 is 0.750 bits per heavy atom. The Labute approximate surface area is 54.1 Å². The summed E-state index contributed by atoms with van der Waals surface area (Å²) in [5.41, 5.74) is 0. The minimum atomic E-state index is 0. The molecule has 0 aliphatic heterocycles. The quantitative estimate of drug-likeness (QED) is 0.546. The van der Waals surface area contributed by atoms with Gasteiger partial charge in [0, 0.05) is 0 Å². The van der Waals surface area contributed by atoms with Gasteiger partial charge in [-0.25, -0.2) is 0 Å². The van der Waals surface area contributed by atoms with Gasteiger partial charge in [0.2, 0.25) is 0 Å². The number of hydrogen-bond acceptors (Lipinski definition) is 0. The number of rotatable bonds is 0. The smallest absolute Gasteiger partial charge is 2.00 e. The molecule has 0 spiro atoms. The van der Waals surface area contributed by atoms with E-state index in [4.69, 9.17) is 0 Å². The minimum Gasteiger partial charge on any atom is -2.00 e. The molecule has 0 unspecified atom stereocenters. The molecule has 24 valence electrons. The Balaban J connectivity index is 0. The van der Waals surface area contributed by atoms with Gasteiger partial charge >= 0.3 is 26.2 Å². The maximum Gasteiger partial charge on any atom is 4.00 e. The third-order valence-corrected chi connectivity index (χ3v) is 0. The first-order valence-electron chi connectivity index (χ1n) is 0. The Kier molecular flexibility index (Phi) is 413. The van der Waals surface area contributed by atoms with Gasteiger partial charge in [-0.05, 0) is 0 Å². The third-order valence-electron chi connectivity index (χ3n) is 0. The second-order valence-corrected chi connectivity index (χ2v) is 0. The van der Waals surface area contributed by atoms with E-state index in [2.05, 4.69) is 0 Å². The number of hydrogen-bond donors (Lipinski definition) is 0. The maximum atomic E-state index is 0. The molecule has 0 amide bonds. The molecule has 0 aliphatic carbocycles. The predicted molar refractivity (Wildman–Crippen MR) is 11.7 cm³/mol. The maximum absolute atomic E-state index is 0. The van der Waals surface area contributed by atoms with Crippen LogP contribution in [0.5, 0.6) is 0 Å². The fraction of sp³-hybridized carbons (Fsp3) is 0. The fourth-order valence-corrected chi connectivity index (χ4v) is 0. The van der Waals surface area contributed by atoms with Crippen LogP contribution in [0.2, 0.25) is 0 Å². The molecule has 0 N–H and O–H groups in total. The van der Waals surface area contributed by atoms with Crippen molar-refractivity contribution in [1.82, 2.24) is 0 Å². The van der Waals surface area contributed by atoms with Crippen LogP contribution in [-0.2, 0) is 37.2 Å². The average Bonchev–Trinajstić information content (AvgIpc) is 0. The van der Waals surface area contributed by atoms with Crippen LogP contribution in [0.1, 0.15) is 0 Å². The topological polar surface area (TPSA) is 57.0 Å². The molecular weight excluding hydrogens is 203 g/mol. The van der Waals surface area contributed by atoms with Gasteiger partial charge in [0.05, 0.1) is 0 Å². The molecule has 0 bridgehead atoms. The van der Waals surface area contributed by atoms with Gasteiger partial charge < -0.3 is 11.0 Å². The van der Waals surface area contributed by atoms with Crippen LogP contribution in [0.25, 0.3) is 0 Å². The summed E-state index contributed by atoms with van der Waals surface area (Å²) in [5.74, 6) is 0. The zero-order chi connectivity index (χ0) is 0. The van der Waals surface area contributed by atoms with Crippen LogP contribution in [0.4, 0.5) is 0 Å². The summed E-state index contributed by atoms with van der Waals surface area (Å²) in [6.45, 7) is 0. The zero-order valence-corrected chi connectivity index (χ0v) is 5.90. The first kappa shape index (κ1) is 58.9. The van der Waals surface area contributed by atoms with E-state index in [1.165, 1.54) is 0 Å². The van der Waals surface area contributed by atoms with Crippen LogP contribution >= 0.6 is 17.0 Å². The summed E-state index contributed by atoms with van der Waals surface area (Å²) < 4.78 is 0. The van der Waals surface area contributed by atoms with Crippen molar-refractivity contribution >= 4 is 17.0 Å². The van der Waals surface area contributed by atoms with Gasteiger partial charge in [0.1, 0.15) is 0 Å². The van der Waals surface area contributed by atoms with Crippen LogP contribution in [-0.4, -0.2) is 0 Å². The molecule has 4 heteroatoms. The van der Waals surface area contributed by atoms with E-state index in [-0.39, 0.29) is 54.1 Å². The van der Waals surface area contributed by atoms with E-state index in [0.29, 0.717) is 0 Å². The molecule has 4 heavy (non-hydrogen) atoms. The van der Waals surface area contributed by atoms with E-state index in [1.54, 1.807) is 0 Å². The summed E-state index contributed by atoms with van der Waals surface area (Å²) in [7, 11) is 0. The molecule has 0 aromatic carbocycles. The van der Waals surface area contributed by atoms with Crippen molar-refractivity contribution in [3.63, 3.8) is 0 Å². The molecule has 0 saturated heterocycles. The standard InChI is InChI=1S/BrH.2O.Zr/h1H;;;/q;2*-2;+4. The van der Waals surface area contributed by atoms with Crippen LogP contribution in [0, 0.1) is 0 Å². The van der Waals surface area contributed by atoms with E-state index < -0.39 is 0 Å². The summed E-state index contributed by atoms with van der Waals surface area (Å²) in [6, 6.07) is 0. The van der Waals surface area contributed by atoms with E-state index in [1.807, 2.05) is 0 Å². The van der Waals surface area contributed by atoms with Gasteiger partial charge in [-0.2, -0.15) is 0 Å². The van der Waals surface area contributed by atoms with Gasteiger partial charge in [0.25, 0.3) is 0 Å². The van der Waals surface area contributed by atoms with Gasteiger partial charge in [-0.1, -0.05) is 0 Å². The van der Waals surface area contributed by atoms with E-state index >= 15 is 0 Å². The summed E-state index contributed by atoms with van der Waals surface area (Å²) in [4.78, 5) is 0. The largest absolute Gasteiger partial charge is 4.00 e. The first-order chi connectivity index (χ1) is 0. The second kappa shape index (κ2) is 28.0. The Morgan fingerprint density at radius 2 is 0.750 bits per heavy atom.